The Balaban J connectivity index is 1.64. The Labute approximate surface area is 138 Å². The van der Waals surface area contributed by atoms with Gasteiger partial charge in [-0.3, -0.25) is 9.59 Å². The SMILES string of the molecule is CC(=O)c1ccccc1NC(=O)[C@H](C)Sc1nnc(C2CC2)o1. The minimum absolute atomic E-state index is 0.0906. The van der Waals surface area contributed by atoms with Crippen molar-refractivity contribution in [3.63, 3.8) is 0 Å². The second-order valence-electron chi connectivity index (χ2n) is 5.53. The quantitative estimate of drug-likeness (QED) is 0.646. The van der Waals surface area contributed by atoms with Gasteiger partial charge in [0.15, 0.2) is 5.78 Å². The summed E-state index contributed by atoms with van der Waals surface area (Å²) in [6, 6.07) is 6.95. The predicted octanol–water partition coefficient (Wildman–Crippen LogP) is 3.27. The number of nitrogens with one attached hydrogen (secondary N) is 1. The molecule has 1 aliphatic carbocycles. The Bertz CT molecular complexity index is 740. The van der Waals surface area contributed by atoms with E-state index in [1.807, 2.05) is 0 Å². The van der Waals surface area contributed by atoms with Crippen molar-refractivity contribution in [3.05, 3.63) is 35.7 Å². The standard InChI is InChI=1S/C16H17N3O3S/c1-9(20)12-5-3-4-6-13(12)17-14(21)10(2)23-16-19-18-15(22-16)11-7-8-11/h3-6,10-11H,7-8H2,1-2H3,(H,17,21)/t10-/m0/s1. The third-order valence-electron chi connectivity index (χ3n) is 3.56. The van der Waals surface area contributed by atoms with Gasteiger partial charge < -0.3 is 9.73 Å². The van der Waals surface area contributed by atoms with Crippen LogP contribution in [0.15, 0.2) is 33.9 Å². The van der Waals surface area contributed by atoms with E-state index in [0.717, 1.165) is 12.8 Å². The number of benzene rings is 1. The number of para-hydroxylation sites is 1. The number of carbonyl (C=O) groups is 2. The highest BCUT2D eigenvalue weighted by Gasteiger charge is 2.30. The van der Waals surface area contributed by atoms with Gasteiger partial charge in [0.05, 0.1) is 10.9 Å². The van der Waals surface area contributed by atoms with Crippen LogP contribution in [0.1, 0.15) is 48.9 Å². The van der Waals surface area contributed by atoms with Crippen molar-refractivity contribution in [2.75, 3.05) is 5.32 Å². The van der Waals surface area contributed by atoms with E-state index in [1.54, 1.807) is 31.2 Å². The van der Waals surface area contributed by atoms with E-state index < -0.39 is 5.25 Å². The average Bonchev–Trinajstić information content (AvgIpc) is 3.28. The molecular formula is C16H17N3O3S. The van der Waals surface area contributed by atoms with E-state index in [0.29, 0.717) is 28.3 Å². The normalized spacial score (nSPS) is 15.2. The molecule has 1 heterocycles. The fourth-order valence-corrected chi connectivity index (χ4v) is 2.79. The number of amides is 1. The van der Waals surface area contributed by atoms with Crippen LogP contribution in [0.4, 0.5) is 5.69 Å². The molecule has 23 heavy (non-hydrogen) atoms. The minimum atomic E-state index is -0.414. The van der Waals surface area contributed by atoms with Crippen LogP contribution in [-0.4, -0.2) is 27.1 Å². The number of hydrogen-bond donors (Lipinski definition) is 1. The number of nitrogens with zero attached hydrogens (tertiary/aromatic N) is 2. The molecular weight excluding hydrogens is 314 g/mol. The smallest absolute Gasteiger partial charge is 0.277 e. The Morgan fingerprint density at radius 1 is 1.30 bits per heavy atom. The number of aromatic nitrogens is 2. The monoisotopic (exact) mass is 331 g/mol. The Kier molecular flexibility index (Phi) is 4.47. The molecule has 1 fully saturated rings. The van der Waals surface area contributed by atoms with Gasteiger partial charge in [-0.2, -0.15) is 0 Å². The maximum atomic E-state index is 12.3. The summed E-state index contributed by atoms with van der Waals surface area (Å²) in [5, 5.41) is 10.7. The summed E-state index contributed by atoms with van der Waals surface area (Å²) in [4.78, 5) is 23.9. The zero-order valence-electron chi connectivity index (χ0n) is 12.9. The highest BCUT2D eigenvalue weighted by atomic mass is 32.2. The number of hydrogen-bond acceptors (Lipinski definition) is 6. The molecule has 1 aliphatic rings. The van der Waals surface area contributed by atoms with Crippen molar-refractivity contribution in [2.45, 2.75) is 43.1 Å². The fraction of sp³-hybridized carbons (Fsp3) is 0.375. The Morgan fingerprint density at radius 3 is 2.74 bits per heavy atom. The maximum Gasteiger partial charge on any atom is 0.277 e. The summed E-state index contributed by atoms with van der Waals surface area (Å²) < 4.78 is 5.55. The van der Waals surface area contributed by atoms with E-state index in [1.165, 1.54) is 18.7 Å². The molecule has 0 aliphatic heterocycles. The van der Waals surface area contributed by atoms with Crippen molar-refractivity contribution >= 4 is 29.1 Å². The Morgan fingerprint density at radius 2 is 2.04 bits per heavy atom. The molecule has 120 valence electrons. The van der Waals surface area contributed by atoms with Gasteiger partial charge in [-0.1, -0.05) is 23.9 Å². The lowest BCUT2D eigenvalue weighted by molar-refractivity contribution is -0.115. The van der Waals surface area contributed by atoms with Crippen LogP contribution in [0.25, 0.3) is 0 Å². The molecule has 1 aromatic heterocycles. The number of rotatable bonds is 6. The molecule has 1 N–H and O–H groups in total. The number of carbonyl (C=O) groups excluding carboxylic acids is 2. The topological polar surface area (TPSA) is 85.1 Å². The van der Waals surface area contributed by atoms with Crippen molar-refractivity contribution in [2.24, 2.45) is 0 Å². The maximum absolute atomic E-state index is 12.3. The first kappa shape index (κ1) is 15.7. The van der Waals surface area contributed by atoms with Gasteiger partial charge in [-0.05, 0) is 38.8 Å². The molecule has 0 spiro atoms. The van der Waals surface area contributed by atoms with E-state index in [-0.39, 0.29) is 11.7 Å². The molecule has 0 unspecified atom stereocenters. The zero-order valence-corrected chi connectivity index (χ0v) is 13.7. The van der Waals surface area contributed by atoms with E-state index in [2.05, 4.69) is 15.5 Å². The molecule has 0 radical (unpaired) electrons. The summed E-state index contributed by atoms with van der Waals surface area (Å²) in [5.41, 5.74) is 1.01. The summed E-state index contributed by atoms with van der Waals surface area (Å²) in [6.45, 7) is 3.23. The molecule has 3 rings (SSSR count). The van der Waals surface area contributed by atoms with E-state index in [9.17, 15) is 9.59 Å². The molecule has 0 bridgehead atoms. The largest absolute Gasteiger partial charge is 0.416 e. The van der Waals surface area contributed by atoms with Crippen LogP contribution < -0.4 is 5.32 Å². The van der Waals surface area contributed by atoms with Crippen LogP contribution in [0.2, 0.25) is 0 Å². The molecule has 7 heteroatoms. The lowest BCUT2D eigenvalue weighted by Gasteiger charge is -2.12. The first-order chi connectivity index (χ1) is 11.0. The van der Waals surface area contributed by atoms with E-state index in [4.69, 9.17) is 4.42 Å². The summed E-state index contributed by atoms with van der Waals surface area (Å²) in [5.74, 6) is 0.743. The van der Waals surface area contributed by atoms with Gasteiger partial charge in [-0.15, -0.1) is 10.2 Å². The number of anilines is 1. The second-order valence-corrected chi connectivity index (χ2v) is 6.82. The van der Waals surface area contributed by atoms with Crippen LogP contribution in [0, 0.1) is 0 Å². The van der Waals surface area contributed by atoms with Crippen LogP contribution in [0.3, 0.4) is 0 Å². The van der Waals surface area contributed by atoms with Crippen molar-refractivity contribution in [1.82, 2.24) is 10.2 Å². The number of ketones is 1. The van der Waals surface area contributed by atoms with Crippen LogP contribution >= 0.6 is 11.8 Å². The molecule has 1 amide bonds. The van der Waals surface area contributed by atoms with Crippen molar-refractivity contribution in [3.8, 4) is 0 Å². The number of Topliss-reactive ketones (excluding diaryl/α,β-unsaturated/α-hetero) is 1. The summed E-state index contributed by atoms with van der Waals surface area (Å²) in [6.07, 6.45) is 2.17. The summed E-state index contributed by atoms with van der Waals surface area (Å²) in [7, 11) is 0. The molecule has 1 aromatic carbocycles. The molecule has 2 aromatic rings. The van der Waals surface area contributed by atoms with E-state index >= 15 is 0 Å². The fourth-order valence-electron chi connectivity index (χ4n) is 2.10. The zero-order chi connectivity index (χ0) is 16.4. The highest BCUT2D eigenvalue weighted by molar-refractivity contribution is 8.00. The molecule has 0 saturated heterocycles. The third-order valence-corrected chi connectivity index (χ3v) is 4.49. The van der Waals surface area contributed by atoms with Crippen LogP contribution in [0.5, 0.6) is 0 Å². The molecule has 1 atom stereocenters. The van der Waals surface area contributed by atoms with Crippen molar-refractivity contribution in [1.29, 1.82) is 0 Å². The second kappa shape index (κ2) is 6.54. The van der Waals surface area contributed by atoms with Crippen molar-refractivity contribution < 1.29 is 14.0 Å². The molecule has 1 saturated carbocycles. The van der Waals surface area contributed by atoms with Gasteiger partial charge >= 0.3 is 0 Å². The Hall–Kier alpha value is -2.15. The lowest BCUT2D eigenvalue weighted by atomic mass is 10.1. The first-order valence-corrected chi connectivity index (χ1v) is 8.33. The van der Waals surface area contributed by atoms with Gasteiger partial charge in [0, 0.05) is 11.5 Å². The van der Waals surface area contributed by atoms with Gasteiger partial charge in [0.1, 0.15) is 0 Å². The summed E-state index contributed by atoms with van der Waals surface area (Å²) >= 11 is 1.21. The first-order valence-electron chi connectivity index (χ1n) is 7.45. The average molecular weight is 331 g/mol. The van der Waals surface area contributed by atoms with Crippen LogP contribution in [-0.2, 0) is 4.79 Å². The lowest BCUT2D eigenvalue weighted by Crippen LogP contribution is -2.23. The highest BCUT2D eigenvalue weighted by Crippen LogP contribution is 2.40. The van der Waals surface area contributed by atoms with Gasteiger partial charge in [-0.25, -0.2) is 0 Å². The number of thioether (sulfide) groups is 1. The van der Waals surface area contributed by atoms with Gasteiger partial charge in [0.25, 0.3) is 5.22 Å². The predicted molar refractivity (Wildman–Crippen MR) is 86.7 cm³/mol. The van der Waals surface area contributed by atoms with Gasteiger partial charge in [0.2, 0.25) is 11.8 Å². The molecule has 6 nitrogen and oxygen atoms in total. The third kappa shape index (κ3) is 3.79. The minimum Gasteiger partial charge on any atom is -0.416 e.